The molecule has 1 heterocycles. The van der Waals surface area contributed by atoms with E-state index in [0.29, 0.717) is 6.54 Å². The summed E-state index contributed by atoms with van der Waals surface area (Å²) in [5.41, 5.74) is 10.2. The Morgan fingerprint density at radius 1 is 1.24 bits per heavy atom. The number of rotatable bonds is 3. The molecule has 2 rings (SSSR count). The van der Waals surface area contributed by atoms with E-state index in [-0.39, 0.29) is 0 Å². The van der Waals surface area contributed by atoms with E-state index in [1.807, 2.05) is 11.6 Å². The predicted molar refractivity (Wildman–Crippen MR) is 73.9 cm³/mol. The summed E-state index contributed by atoms with van der Waals surface area (Å²) in [6, 6.07) is 8.31. The molecule has 1 aromatic heterocycles. The van der Waals surface area contributed by atoms with Gasteiger partial charge in [-0.15, -0.1) is 0 Å². The molecule has 17 heavy (non-hydrogen) atoms. The highest BCUT2D eigenvalue weighted by Gasteiger charge is 2.12. The van der Waals surface area contributed by atoms with Gasteiger partial charge in [0, 0.05) is 22.3 Å². The first-order valence-electron chi connectivity index (χ1n) is 5.63. The van der Waals surface area contributed by atoms with E-state index in [1.165, 1.54) is 16.8 Å². The van der Waals surface area contributed by atoms with Crippen LogP contribution in [0.3, 0.4) is 0 Å². The average Bonchev–Trinajstić information content (AvgIpc) is 2.57. The Labute approximate surface area is 110 Å². The van der Waals surface area contributed by atoms with Crippen molar-refractivity contribution in [2.24, 2.45) is 5.73 Å². The number of hydrogen-bond acceptors (Lipinski definition) is 2. The molecule has 1 aromatic carbocycles. The summed E-state index contributed by atoms with van der Waals surface area (Å²) in [7, 11) is 0. The summed E-state index contributed by atoms with van der Waals surface area (Å²) >= 11 is 3.45. The molecule has 0 amide bonds. The largest absolute Gasteiger partial charge is 0.329 e. The molecule has 0 saturated carbocycles. The van der Waals surface area contributed by atoms with Gasteiger partial charge in [-0.05, 0) is 31.5 Å². The van der Waals surface area contributed by atoms with E-state index in [1.54, 1.807) is 0 Å². The van der Waals surface area contributed by atoms with E-state index in [4.69, 9.17) is 5.73 Å². The molecule has 2 aromatic rings. The highest BCUT2D eigenvalue weighted by molar-refractivity contribution is 9.10. The van der Waals surface area contributed by atoms with Crippen LogP contribution in [-0.2, 0) is 6.54 Å². The Hall–Kier alpha value is -1.13. The molecule has 0 spiro atoms. The van der Waals surface area contributed by atoms with Crippen molar-refractivity contribution < 1.29 is 0 Å². The SMILES string of the molecule is Cc1nn(CCN)c(C)c1-c1ccc(Br)cc1. The van der Waals surface area contributed by atoms with Crippen LogP contribution in [0.25, 0.3) is 11.1 Å². The van der Waals surface area contributed by atoms with E-state index < -0.39 is 0 Å². The Balaban J connectivity index is 2.48. The van der Waals surface area contributed by atoms with Crippen molar-refractivity contribution in [2.45, 2.75) is 20.4 Å². The molecule has 2 N–H and O–H groups in total. The third-order valence-corrected chi connectivity index (χ3v) is 3.38. The Morgan fingerprint density at radius 3 is 2.47 bits per heavy atom. The number of nitrogens with zero attached hydrogens (tertiary/aromatic N) is 2. The van der Waals surface area contributed by atoms with Gasteiger partial charge < -0.3 is 5.73 Å². The number of hydrogen-bond donors (Lipinski definition) is 1. The molecule has 4 heteroatoms. The predicted octanol–water partition coefficient (Wildman–Crippen LogP) is 2.89. The van der Waals surface area contributed by atoms with Crippen LogP contribution in [0.15, 0.2) is 28.7 Å². The van der Waals surface area contributed by atoms with Crippen molar-refractivity contribution in [3.8, 4) is 11.1 Å². The maximum absolute atomic E-state index is 5.58. The van der Waals surface area contributed by atoms with Crippen molar-refractivity contribution >= 4 is 15.9 Å². The van der Waals surface area contributed by atoms with E-state index in [9.17, 15) is 0 Å². The summed E-state index contributed by atoms with van der Waals surface area (Å²) in [4.78, 5) is 0. The normalized spacial score (nSPS) is 10.8. The van der Waals surface area contributed by atoms with Gasteiger partial charge in [-0.1, -0.05) is 28.1 Å². The maximum Gasteiger partial charge on any atom is 0.0674 e. The third kappa shape index (κ3) is 2.42. The zero-order chi connectivity index (χ0) is 12.4. The number of benzene rings is 1. The van der Waals surface area contributed by atoms with Crippen LogP contribution in [0, 0.1) is 13.8 Å². The van der Waals surface area contributed by atoms with Crippen LogP contribution >= 0.6 is 15.9 Å². The van der Waals surface area contributed by atoms with Crippen molar-refractivity contribution in [3.05, 3.63) is 40.1 Å². The molecule has 0 unspecified atom stereocenters. The lowest BCUT2D eigenvalue weighted by molar-refractivity contribution is 0.604. The topological polar surface area (TPSA) is 43.8 Å². The molecule has 90 valence electrons. The number of aromatic nitrogens is 2. The van der Waals surface area contributed by atoms with Crippen LogP contribution in [-0.4, -0.2) is 16.3 Å². The van der Waals surface area contributed by atoms with E-state index in [0.717, 1.165) is 16.7 Å². The average molecular weight is 294 g/mol. The second-order valence-corrected chi connectivity index (χ2v) is 4.98. The van der Waals surface area contributed by atoms with Crippen LogP contribution < -0.4 is 5.73 Å². The van der Waals surface area contributed by atoms with Gasteiger partial charge >= 0.3 is 0 Å². The molecular weight excluding hydrogens is 278 g/mol. The number of nitrogens with two attached hydrogens (primary N) is 1. The Morgan fingerprint density at radius 2 is 1.88 bits per heavy atom. The molecule has 0 aliphatic heterocycles. The van der Waals surface area contributed by atoms with Gasteiger partial charge in [0.25, 0.3) is 0 Å². The molecule has 0 atom stereocenters. The molecular formula is C13H16BrN3. The Kier molecular flexibility index (Phi) is 3.64. The molecule has 0 saturated heterocycles. The van der Waals surface area contributed by atoms with Crippen LogP contribution in [0.2, 0.25) is 0 Å². The van der Waals surface area contributed by atoms with E-state index >= 15 is 0 Å². The first-order valence-corrected chi connectivity index (χ1v) is 6.43. The first kappa shape index (κ1) is 12.3. The zero-order valence-electron chi connectivity index (χ0n) is 10.1. The van der Waals surface area contributed by atoms with E-state index in [2.05, 4.69) is 52.2 Å². The molecule has 0 fully saturated rings. The molecule has 3 nitrogen and oxygen atoms in total. The summed E-state index contributed by atoms with van der Waals surface area (Å²) in [6.45, 7) is 5.51. The summed E-state index contributed by atoms with van der Waals surface area (Å²) in [5, 5.41) is 4.52. The first-order chi connectivity index (χ1) is 8.13. The minimum absolute atomic E-state index is 0.613. The van der Waals surface area contributed by atoms with Crippen molar-refractivity contribution in [1.29, 1.82) is 0 Å². The minimum atomic E-state index is 0.613. The molecule has 0 aliphatic carbocycles. The zero-order valence-corrected chi connectivity index (χ0v) is 11.7. The smallest absolute Gasteiger partial charge is 0.0674 e. The monoisotopic (exact) mass is 293 g/mol. The third-order valence-electron chi connectivity index (χ3n) is 2.86. The van der Waals surface area contributed by atoms with Crippen molar-refractivity contribution in [1.82, 2.24) is 9.78 Å². The number of halogens is 1. The van der Waals surface area contributed by atoms with Gasteiger partial charge in [-0.25, -0.2) is 0 Å². The molecule has 0 bridgehead atoms. The standard InChI is InChI=1S/C13H16BrN3/c1-9-13(10(2)17(16-9)8-7-15)11-3-5-12(14)6-4-11/h3-6H,7-8,15H2,1-2H3. The highest BCUT2D eigenvalue weighted by atomic mass is 79.9. The van der Waals surface area contributed by atoms with Crippen molar-refractivity contribution in [2.75, 3.05) is 6.54 Å². The summed E-state index contributed by atoms with van der Waals surface area (Å²) in [5.74, 6) is 0. The minimum Gasteiger partial charge on any atom is -0.329 e. The summed E-state index contributed by atoms with van der Waals surface area (Å²) < 4.78 is 3.07. The molecule has 0 radical (unpaired) electrons. The van der Waals surface area contributed by atoms with Gasteiger partial charge in [-0.3, -0.25) is 4.68 Å². The van der Waals surface area contributed by atoms with Gasteiger partial charge in [0.1, 0.15) is 0 Å². The van der Waals surface area contributed by atoms with Gasteiger partial charge in [-0.2, -0.15) is 5.10 Å². The maximum atomic E-state index is 5.58. The van der Waals surface area contributed by atoms with Gasteiger partial charge in [0.2, 0.25) is 0 Å². The Bertz CT molecular complexity index is 514. The van der Waals surface area contributed by atoms with Gasteiger partial charge in [0.15, 0.2) is 0 Å². The fraction of sp³-hybridized carbons (Fsp3) is 0.308. The lowest BCUT2D eigenvalue weighted by Gasteiger charge is -2.04. The lowest BCUT2D eigenvalue weighted by Crippen LogP contribution is -2.12. The van der Waals surface area contributed by atoms with Crippen LogP contribution in [0.1, 0.15) is 11.4 Å². The highest BCUT2D eigenvalue weighted by Crippen LogP contribution is 2.27. The van der Waals surface area contributed by atoms with Crippen molar-refractivity contribution in [3.63, 3.8) is 0 Å². The summed E-state index contributed by atoms with van der Waals surface area (Å²) in [6.07, 6.45) is 0. The second kappa shape index (κ2) is 5.02. The second-order valence-electron chi connectivity index (χ2n) is 4.06. The lowest BCUT2D eigenvalue weighted by atomic mass is 10.0. The van der Waals surface area contributed by atoms with Crippen LogP contribution in [0.5, 0.6) is 0 Å². The molecule has 0 aliphatic rings. The number of aryl methyl sites for hydroxylation is 1. The van der Waals surface area contributed by atoms with Crippen LogP contribution in [0.4, 0.5) is 0 Å². The quantitative estimate of drug-likeness (QED) is 0.946. The fourth-order valence-corrected chi connectivity index (χ4v) is 2.34. The fourth-order valence-electron chi connectivity index (χ4n) is 2.07. The van der Waals surface area contributed by atoms with Gasteiger partial charge in [0.05, 0.1) is 12.2 Å².